The molecule has 0 saturated heterocycles. The topological polar surface area (TPSA) is 46.2 Å². The van der Waals surface area contributed by atoms with Gasteiger partial charge in [0.15, 0.2) is 5.78 Å². The van der Waals surface area contributed by atoms with Gasteiger partial charge < -0.3 is 5.32 Å². The minimum atomic E-state index is -0.293. The van der Waals surface area contributed by atoms with Crippen molar-refractivity contribution in [2.45, 2.75) is 44.0 Å². The number of rotatable bonds is 5. The molecule has 1 atom stereocenters. The zero-order valence-corrected chi connectivity index (χ0v) is 15.9. The summed E-state index contributed by atoms with van der Waals surface area (Å²) in [6, 6.07) is 6.41. The molecule has 1 unspecified atom stereocenters. The third kappa shape index (κ3) is 4.30. The second-order valence-corrected chi connectivity index (χ2v) is 8.79. The highest BCUT2D eigenvalue weighted by atomic mass is 32.2. The van der Waals surface area contributed by atoms with E-state index in [9.17, 15) is 14.0 Å². The number of fused-ring (bicyclic) bond motifs is 1. The summed E-state index contributed by atoms with van der Waals surface area (Å²) in [4.78, 5) is 27.7. The summed E-state index contributed by atoms with van der Waals surface area (Å²) in [7, 11) is 0. The fourth-order valence-electron chi connectivity index (χ4n) is 3.05. The van der Waals surface area contributed by atoms with Crippen molar-refractivity contribution in [1.82, 2.24) is 5.32 Å². The molecule has 0 bridgehead atoms. The van der Waals surface area contributed by atoms with Gasteiger partial charge in [0.25, 0.3) is 0 Å². The molecule has 132 valence electrons. The van der Waals surface area contributed by atoms with Crippen molar-refractivity contribution in [3.05, 3.63) is 51.0 Å². The Labute approximate surface area is 155 Å². The number of halogens is 1. The Kier molecular flexibility index (Phi) is 5.59. The standard InChI is InChI=1S/C19H20FNO2S2/c1-11-9-14(12(2)25-11)17(22)4-6-19(23)21-16-7-8-24-18-5-3-13(20)10-15(16)18/h3,5,9-10,16H,4,6-8H2,1-2H3,(H,21,23). The highest BCUT2D eigenvalue weighted by Crippen LogP contribution is 2.36. The van der Waals surface area contributed by atoms with Crippen LogP contribution in [-0.4, -0.2) is 17.4 Å². The average molecular weight is 378 g/mol. The van der Waals surface area contributed by atoms with Crippen LogP contribution < -0.4 is 5.32 Å². The molecule has 1 aliphatic heterocycles. The first-order valence-corrected chi connectivity index (χ1v) is 10.1. The fraction of sp³-hybridized carbons (Fsp3) is 0.368. The molecule has 6 heteroatoms. The van der Waals surface area contributed by atoms with Crippen LogP contribution in [0.3, 0.4) is 0 Å². The van der Waals surface area contributed by atoms with Crippen molar-refractivity contribution in [3.63, 3.8) is 0 Å². The summed E-state index contributed by atoms with van der Waals surface area (Å²) < 4.78 is 13.5. The lowest BCUT2D eigenvalue weighted by Crippen LogP contribution is -2.31. The maximum atomic E-state index is 13.5. The SMILES string of the molecule is Cc1cc(C(=O)CCC(=O)NC2CCSc3ccc(F)cc32)c(C)s1. The zero-order chi connectivity index (χ0) is 18.0. The number of hydrogen-bond acceptors (Lipinski definition) is 4. The molecule has 1 aromatic carbocycles. The van der Waals surface area contributed by atoms with E-state index in [2.05, 4.69) is 5.32 Å². The van der Waals surface area contributed by atoms with Crippen molar-refractivity contribution < 1.29 is 14.0 Å². The maximum absolute atomic E-state index is 13.5. The minimum Gasteiger partial charge on any atom is -0.349 e. The molecule has 1 amide bonds. The molecule has 1 N–H and O–H groups in total. The van der Waals surface area contributed by atoms with Gasteiger partial charge in [0, 0.05) is 38.8 Å². The molecule has 2 heterocycles. The number of thioether (sulfide) groups is 1. The van der Waals surface area contributed by atoms with Crippen LogP contribution in [0.4, 0.5) is 4.39 Å². The lowest BCUT2D eigenvalue weighted by atomic mass is 10.0. The third-order valence-corrected chi connectivity index (χ3v) is 6.36. The molecule has 3 nitrogen and oxygen atoms in total. The van der Waals surface area contributed by atoms with Crippen LogP contribution in [0.1, 0.15) is 51.0 Å². The second-order valence-electron chi connectivity index (χ2n) is 6.19. The molecular formula is C19H20FNO2S2. The normalized spacial score (nSPS) is 16.4. The first kappa shape index (κ1) is 18.1. The number of thiophene rings is 1. The molecule has 0 aliphatic carbocycles. The van der Waals surface area contributed by atoms with E-state index in [1.807, 2.05) is 19.9 Å². The Morgan fingerprint density at radius 1 is 1.24 bits per heavy atom. The van der Waals surface area contributed by atoms with Crippen LogP contribution in [0, 0.1) is 19.7 Å². The van der Waals surface area contributed by atoms with Gasteiger partial charge in [0.2, 0.25) is 5.91 Å². The molecule has 0 fully saturated rings. The highest BCUT2D eigenvalue weighted by molar-refractivity contribution is 7.99. The first-order valence-electron chi connectivity index (χ1n) is 8.26. The van der Waals surface area contributed by atoms with Crippen LogP contribution in [-0.2, 0) is 4.79 Å². The van der Waals surface area contributed by atoms with Gasteiger partial charge in [0.05, 0.1) is 6.04 Å². The summed E-state index contributed by atoms with van der Waals surface area (Å²) in [6.07, 6.45) is 1.12. The average Bonchev–Trinajstić information content (AvgIpc) is 2.92. The number of nitrogens with one attached hydrogen (secondary N) is 1. The van der Waals surface area contributed by atoms with Gasteiger partial charge in [-0.1, -0.05) is 0 Å². The molecule has 1 aliphatic rings. The summed E-state index contributed by atoms with van der Waals surface area (Å²) in [5, 5.41) is 2.96. The number of amides is 1. The van der Waals surface area contributed by atoms with E-state index in [1.165, 1.54) is 12.1 Å². The summed E-state index contributed by atoms with van der Waals surface area (Å²) in [6.45, 7) is 3.90. The summed E-state index contributed by atoms with van der Waals surface area (Å²) in [5.41, 5.74) is 1.55. The van der Waals surface area contributed by atoms with Crippen LogP contribution in [0.5, 0.6) is 0 Å². The molecule has 3 rings (SSSR count). The maximum Gasteiger partial charge on any atom is 0.220 e. The molecule has 0 spiro atoms. The Balaban J connectivity index is 1.60. The van der Waals surface area contributed by atoms with E-state index in [0.29, 0.717) is 0 Å². The van der Waals surface area contributed by atoms with Crippen LogP contribution in [0.25, 0.3) is 0 Å². The number of Topliss-reactive ketones (excluding diaryl/α,β-unsaturated/α-hetero) is 1. The lowest BCUT2D eigenvalue weighted by Gasteiger charge is -2.26. The number of carbonyl (C=O) groups excluding carboxylic acids is 2. The van der Waals surface area contributed by atoms with E-state index in [1.54, 1.807) is 29.2 Å². The van der Waals surface area contributed by atoms with Crippen molar-refractivity contribution >= 4 is 34.8 Å². The number of carbonyl (C=O) groups is 2. The first-order chi connectivity index (χ1) is 11.9. The zero-order valence-electron chi connectivity index (χ0n) is 14.2. The molecule has 0 radical (unpaired) electrons. The van der Waals surface area contributed by atoms with Gasteiger partial charge in [-0.25, -0.2) is 4.39 Å². The van der Waals surface area contributed by atoms with E-state index in [0.717, 1.165) is 38.0 Å². The Morgan fingerprint density at radius 2 is 2.04 bits per heavy atom. The van der Waals surface area contributed by atoms with Crippen molar-refractivity contribution in [2.24, 2.45) is 0 Å². The minimum absolute atomic E-state index is 0.00245. The number of ketones is 1. The Bertz CT molecular complexity index is 816. The monoisotopic (exact) mass is 377 g/mol. The van der Waals surface area contributed by atoms with Crippen LogP contribution in [0.15, 0.2) is 29.2 Å². The second kappa shape index (κ2) is 7.70. The molecule has 25 heavy (non-hydrogen) atoms. The van der Waals surface area contributed by atoms with Gasteiger partial charge in [-0.05, 0) is 50.1 Å². The van der Waals surface area contributed by atoms with E-state index < -0.39 is 0 Å². The van der Waals surface area contributed by atoms with Gasteiger partial charge >= 0.3 is 0 Å². The van der Waals surface area contributed by atoms with Crippen LogP contribution in [0.2, 0.25) is 0 Å². The van der Waals surface area contributed by atoms with E-state index in [-0.39, 0.29) is 36.4 Å². The number of aryl methyl sites for hydroxylation is 2. The third-order valence-electron chi connectivity index (χ3n) is 4.27. The molecule has 0 saturated carbocycles. The predicted octanol–water partition coefficient (Wildman–Crippen LogP) is 4.82. The van der Waals surface area contributed by atoms with Gasteiger partial charge in [-0.2, -0.15) is 0 Å². The van der Waals surface area contributed by atoms with Gasteiger partial charge in [-0.3, -0.25) is 9.59 Å². The van der Waals surface area contributed by atoms with Crippen molar-refractivity contribution in [3.8, 4) is 0 Å². The fourth-order valence-corrected chi connectivity index (χ4v) is 5.10. The quantitative estimate of drug-likeness (QED) is 0.760. The predicted molar refractivity (Wildman–Crippen MR) is 100.0 cm³/mol. The van der Waals surface area contributed by atoms with Crippen molar-refractivity contribution in [1.29, 1.82) is 0 Å². The molecule has 2 aromatic rings. The number of hydrogen-bond donors (Lipinski definition) is 1. The molecule has 1 aromatic heterocycles. The lowest BCUT2D eigenvalue weighted by molar-refractivity contribution is -0.121. The van der Waals surface area contributed by atoms with Gasteiger partial charge in [-0.15, -0.1) is 23.1 Å². The summed E-state index contributed by atoms with van der Waals surface area (Å²) in [5.74, 6) is 0.433. The van der Waals surface area contributed by atoms with E-state index >= 15 is 0 Å². The Morgan fingerprint density at radius 3 is 2.76 bits per heavy atom. The van der Waals surface area contributed by atoms with E-state index in [4.69, 9.17) is 0 Å². The summed E-state index contributed by atoms with van der Waals surface area (Å²) >= 11 is 3.27. The largest absolute Gasteiger partial charge is 0.349 e. The molecular weight excluding hydrogens is 357 g/mol. The van der Waals surface area contributed by atoms with Crippen LogP contribution >= 0.6 is 23.1 Å². The highest BCUT2D eigenvalue weighted by Gasteiger charge is 2.23. The van der Waals surface area contributed by atoms with Gasteiger partial charge in [0.1, 0.15) is 5.82 Å². The van der Waals surface area contributed by atoms with Crippen molar-refractivity contribution in [2.75, 3.05) is 5.75 Å². The smallest absolute Gasteiger partial charge is 0.220 e. The Hall–Kier alpha value is -1.66. The number of benzene rings is 1.